The van der Waals surface area contributed by atoms with Crippen molar-refractivity contribution < 1.29 is 18.8 Å². The van der Waals surface area contributed by atoms with Crippen molar-refractivity contribution in [1.82, 2.24) is 4.67 Å². The Kier molecular flexibility index (Phi) is 4.84. The maximum atomic E-state index is 13.2. The van der Waals surface area contributed by atoms with Crippen LogP contribution in [0.4, 0.5) is 0 Å². The number of methoxy groups -OCH3 is 1. The molecule has 6 heteroatoms. The lowest BCUT2D eigenvalue weighted by atomic mass is 10.3. The lowest BCUT2D eigenvalue weighted by molar-refractivity contribution is -0.143. The maximum Gasteiger partial charge on any atom is 0.320 e. The highest BCUT2D eigenvalue weighted by atomic mass is 31.2. The molecule has 0 radical (unpaired) electrons. The van der Waals surface area contributed by atoms with Gasteiger partial charge in [-0.3, -0.25) is 4.79 Å². The van der Waals surface area contributed by atoms with Gasteiger partial charge >= 0.3 is 5.97 Å². The third kappa shape index (κ3) is 3.05. The van der Waals surface area contributed by atoms with Gasteiger partial charge < -0.3 is 14.0 Å². The average Bonchev–Trinajstić information content (AvgIpc) is 2.82. The molecule has 0 N–H and O–H groups in total. The lowest BCUT2D eigenvalue weighted by Crippen LogP contribution is -2.29. The number of carbonyl (C=O) groups is 1. The molecule has 0 aliphatic carbocycles. The topological polar surface area (TPSA) is 55.8 Å². The van der Waals surface area contributed by atoms with Crippen LogP contribution in [0.2, 0.25) is 0 Å². The molecule has 1 aromatic rings. The van der Waals surface area contributed by atoms with Crippen molar-refractivity contribution in [2.75, 3.05) is 33.0 Å². The summed E-state index contributed by atoms with van der Waals surface area (Å²) in [5.74, 6) is 0.416. The predicted molar refractivity (Wildman–Crippen MR) is 77.9 cm³/mol. The first-order valence-corrected chi connectivity index (χ1v) is 8.59. The third-order valence-corrected chi connectivity index (χ3v) is 6.71. The van der Waals surface area contributed by atoms with Gasteiger partial charge in [-0.05, 0) is 37.6 Å². The molecule has 20 heavy (non-hydrogen) atoms. The van der Waals surface area contributed by atoms with Gasteiger partial charge in [0.2, 0.25) is 0 Å². The highest BCUT2D eigenvalue weighted by Gasteiger charge is 2.38. The van der Waals surface area contributed by atoms with Crippen molar-refractivity contribution in [1.29, 1.82) is 0 Å². The normalized spacial score (nSPS) is 22.7. The zero-order valence-electron chi connectivity index (χ0n) is 11.9. The van der Waals surface area contributed by atoms with Crippen molar-refractivity contribution in [3.63, 3.8) is 0 Å². The predicted octanol–water partition coefficient (Wildman–Crippen LogP) is 1.87. The second-order valence-corrected chi connectivity index (χ2v) is 7.60. The van der Waals surface area contributed by atoms with Crippen LogP contribution in [0.25, 0.3) is 0 Å². The molecule has 1 fully saturated rings. The van der Waals surface area contributed by atoms with E-state index in [1.807, 2.05) is 12.1 Å². The molecule has 0 aromatic heterocycles. The minimum absolute atomic E-state index is 0.0944. The third-order valence-electron chi connectivity index (χ3n) is 3.43. The van der Waals surface area contributed by atoms with Crippen LogP contribution in [0.5, 0.6) is 5.75 Å². The van der Waals surface area contributed by atoms with E-state index in [0.29, 0.717) is 19.3 Å². The van der Waals surface area contributed by atoms with Crippen LogP contribution >= 0.6 is 7.29 Å². The van der Waals surface area contributed by atoms with Crippen LogP contribution in [-0.2, 0) is 14.1 Å². The number of nitrogens with zero attached hydrogens (tertiary/aromatic N) is 1. The summed E-state index contributed by atoms with van der Waals surface area (Å²) in [6.07, 6.45) is 1.45. The number of ether oxygens (including phenoxy) is 2. The summed E-state index contributed by atoms with van der Waals surface area (Å²) in [4.78, 5) is 11.6. The molecule has 1 heterocycles. The van der Waals surface area contributed by atoms with E-state index < -0.39 is 7.29 Å². The standard InChI is InChI=1S/C14H20NO4P/c1-3-19-14(16)11-15-9-4-10-20(15,17)13-7-5-12(18-2)6-8-13/h5-8H,3-4,9-11H2,1-2H3. The van der Waals surface area contributed by atoms with Gasteiger partial charge in [0.15, 0.2) is 7.29 Å². The van der Waals surface area contributed by atoms with Crippen LogP contribution in [-0.4, -0.2) is 43.6 Å². The van der Waals surface area contributed by atoms with Crippen molar-refractivity contribution in [2.45, 2.75) is 13.3 Å². The first-order valence-electron chi connectivity index (χ1n) is 6.75. The zero-order chi connectivity index (χ0) is 14.6. The first-order chi connectivity index (χ1) is 9.60. The summed E-state index contributed by atoms with van der Waals surface area (Å²) in [7, 11) is -1.07. The lowest BCUT2D eigenvalue weighted by Gasteiger charge is -2.24. The number of hydrogen-bond donors (Lipinski definition) is 0. The van der Waals surface area contributed by atoms with Crippen LogP contribution < -0.4 is 10.0 Å². The molecule has 1 aliphatic rings. The first kappa shape index (κ1) is 15.1. The van der Waals surface area contributed by atoms with Crippen LogP contribution in [0.1, 0.15) is 13.3 Å². The smallest absolute Gasteiger partial charge is 0.320 e. The van der Waals surface area contributed by atoms with E-state index in [1.54, 1.807) is 30.8 Å². The molecule has 1 saturated heterocycles. The molecule has 5 nitrogen and oxygen atoms in total. The van der Waals surface area contributed by atoms with Gasteiger partial charge in [-0.25, -0.2) is 4.67 Å². The van der Waals surface area contributed by atoms with E-state index in [9.17, 15) is 9.36 Å². The van der Waals surface area contributed by atoms with Crippen LogP contribution in [0.3, 0.4) is 0 Å². The van der Waals surface area contributed by atoms with Gasteiger partial charge in [0, 0.05) is 18.0 Å². The van der Waals surface area contributed by atoms with Gasteiger partial charge in [-0.1, -0.05) is 0 Å². The Labute approximate surface area is 119 Å². The Balaban J connectivity index is 2.18. The Morgan fingerprint density at radius 2 is 2.05 bits per heavy atom. The molecule has 0 saturated carbocycles. The number of benzene rings is 1. The molecule has 0 amide bonds. The summed E-state index contributed by atoms with van der Waals surface area (Å²) < 4.78 is 25.0. The Morgan fingerprint density at radius 1 is 1.35 bits per heavy atom. The maximum absolute atomic E-state index is 13.2. The molecule has 2 rings (SSSR count). The molecule has 1 unspecified atom stereocenters. The second kappa shape index (κ2) is 6.42. The zero-order valence-corrected chi connectivity index (χ0v) is 12.8. The number of rotatable bonds is 5. The largest absolute Gasteiger partial charge is 0.497 e. The fourth-order valence-electron chi connectivity index (χ4n) is 2.43. The monoisotopic (exact) mass is 297 g/mol. The number of carbonyl (C=O) groups excluding carboxylic acids is 1. The van der Waals surface area contributed by atoms with E-state index in [4.69, 9.17) is 9.47 Å². The second-order valence-electron chi connectivity index (χ2n) is 4.67. The van der Waals surface area contributed by atoms with E-state index in [-0.39, 0.29) is 12.5 Å². The van der Waals surface area contributed by atoms with E-state index in [1.165, 1.54) is 0 Å². The molecule has 1 aliphatic heterocycles. The van der Waals surface area contributed by atoms with Crippen LogP contribution in [0, 0.1) is 0 Å². The number of esters is 1. The Bertz CT molecular complexity index is 514. The Hall–Kier alpha value is -1.32. The summed E-state index contributed by atoms with van der Waals surface area (Å²) in [6, 6.07) is 7.25. The van der Waals surface area contributed by atoms with Gasteiger partial charge in [-0.15, -0.1) is 0 Å². The molecule has 1 atom stereocenters. The molecular formula is C14H20NO4P. The minimum Gasteiger partial charge on any atom is -0.497 e. The molecular weight excluding hydrogens is 277 g/mol. The molecule has 0 spiro atoms. The van der Waals surface area contributed by atoms with Crippen molar-refractivity contribution in [2.24, 2.45) is 0 Å². The van der Waals surface area contributed by atoms with E-state index in [0.717, 1.165) is 17.5 Å². The van der Waals surface area contributed by atoms with Gasteiger partial charge in [0.1, 0.15) is 12.3 Å². The average molecular weight is 297 g/mol. The van der Waals surface area contributed by atoms with Crippen molar-refractivity contribution in [3.8, 4) is 5.75 Å². The highest BCUT2D eigenvalue weighted by molar-refractivity contribution is 7.69. The van der Waals surface area contributed by atoms with Crippen molar-refractivity contribution in [3.05, 3.63) is 24.3 Å². The van der Waals surface area contributed by atoms with Gasteiger partial charge in [-0.2, -0.15) is 0 Å². The van der Waals surface area contributed by atoms with Crippen LogP contribution in [0.15, 0.2) is 24.3 Å². The minimum atomic E-state index is -2.66. The highest BCUT2D eigenvalue weighted by Crippen LogP contribution is 2.53. The fraction of sp³-hybridized carbons (Fsp3) is 0.500. The summed E-state index contributed by atoms with van der Waals surface area (Å²) in [5, 5.41) is 0.778. The molecule has 1 aromatic carbocycles. The SMILES string of the molecule is CCOC(=O)CN1CCCP1(=O)c1ccc(OC)cc1. The molecule has 0 bridgehead atoms. The van der Waals surface area contributed by atoms with E-state index in [2.05, 4.69) is 0 Å². The van der Waals surface area contributed by atoms with Gasteiger partial charge in [0.05, 0.1) is 13.7 Å². The van der Waals surface area contributed by atoms with E-state index >= 15 is 0 Å². The summed E-state index contributed by atoms with van der Waals surface area (Å²) in [5.41, 5.74) is 0. The van der Waals surface area contributed by atoms with Gasteiger partial charge in [0.25, 0.3) is 0 Å². The number of hydrogen-bond acceptors (Lipinski definition) is 4. The summed E-state index contributed by atoms with van der Waals surface area (Å²) in [6.45, 7) is 2.88. The fourth-order valence-corrected chi connectivity index (χ4v) is 5.29. The Morgan fingerprint density at radius 3 is 2.65 bits per heavy atom. The quantitative estimate of drug-likeness (QED) is 0.613. The van der Waals surface area contributed by atoms with Crippen molar-refractivity contribution >= 4 is 18.6 Å². The molecule has 110 valence electrons. The summed E-state index contributed by atoms with van der Waals surface area (Å²) >= 11 is 0.